The third-order valence-electron chi connectivity index (χ3n) is 4.22. The Kier molecular flexibility index (Phi) is 4.97. The monoisotopic (exact) mass is 362 g/mol. The zero-order valence-electron chi connectivity index (χ0n) is 13.8. The summed E-state index contributed by atoms with van der Waals surface area (Å²) in [6.45, 7) is 0.662. The largest absolute Gasteiger partial charge is 0.416 e. The molecule has 26 heavy (non-hydrogen) atoms. The minimum Gasteiger partial charge on any atom is -0.348 e. The van der Waals surface area contributed by atoms with Gasteiger partial charge in [0.1, 0.15) is 0 Å². The van der Waals surface area contributed by atoms with E-state index in [1.54, 1.807) is 29.2 Å². The Hall–Kier alpha value is -2.83. The molecule has 0 atom stereocenters. The molecule has 1 N–H and O–H groups in total. The number of rotatable bonds is 4. The summed E-state index contributed by atoms with van der Waals surface area (Å²) in [4.78, 5) is 25.6. The van der Waals surface area contributed by atoms with Crippen molar-refractivity contribution < 1.29 is 22.8 Å². The maximum absolute atomic E-state index is 12.7. The number of anilines is 1. The fourth-order valence-corrected chi connectivity index (χ4v) is 2.86. The highest BCUT2D eigenvalue weighted by Crippen LogP contribution is 2.29. The highest BCUT2D eigenvalue weighted by atomic mass is 19.4. The molecule has 1 aliphatic heterocycles. The Morgan fingerprint density at radius 2 is 1.85 bits per heavy atom. The van der Waals surface area contributed by atoms with Gasteiger partial charge in [-0.05, 0) is 48.4 Å². The van der Waals surface area contributed by atoms with Crippen LogP contribution in [0.4, 0.5) is 18.9 Å². The lowest BCUT2D eigenvalue weighted by Gasteiger charge is -2.16. The number of hydrogen-bond acceptors (Lipinski definition) is 2. The number of alkyl halides is 3. The highest BCUT2D eigenvalue weighted by molar-refractivity contribution is 5.97. The highest BCUT2D eigenvalue weighted by Gasteiger charge is 2.30. The summed E-state index contributed by atoms with van der Waals surface area (Å²) < 4.78 is 38.1. The molecule has 0 bridgehead atoms. The second-order valence-electron chi connectivity index (χ2n) is 6.08. The van der Waals surface area contributed by atoms with Crippen LogP contribution in [0.3, 0.4) is 0 Å². The van der Waals surface area contributed by atoms with Gasteiger partial charge in [-0.3, -0.25) is 9.59 Å². The minimum absolute atomic E-state index is 0.00485. The summed E-state index contributed by atoms with van der Waals surface area (Å²) in [5, 5.41) is 2.60. The maximum atomic E-state index is 12.7. The molecule has 2 aromatic carbocycles. The molecule has 0 spiro atoms. The van der Waals surface area contributed by atoms with Gasteiger partial charge in [0.2, 0.25) is 5.91 Å². The van der Waals surface area contributed by atoms with Crippen LogP contribution in [0.5, 0.6) is 0 Å². The molecule has 7 heteroatoms. The Balaban J connectivity index is 1.63. The zero-order valence-corrected chi connectivity index (χ0v) is 13.8. The van der Waals surface area contributed by atoms with Gasteiger partial charge in [-0.1, -0.05) is 12.1 Å². The molecule has 1 aliphatic rings. The Morgan fingerprint density at radius 3 is 2.46 bits per heavy atom. The van der Waals surface area contributed by atoms with Crippen molar-refractivity contribution in [2.75, 3.05) is 11.4 Å². The van der Waals surface area contributed by atoms with E-state index in [0.717, 1.165) is 24.2 Å². The van der Waals surface area contributed by atoms with E-state index in [1.807, 2.05) is 0 Å². The molecule has 0 saturated carbocycles. The van der Waals surface area contributed by atoms with Crippen LogP contribution in [0.25, 0.3) is 0 Å². The van der Waals surface area contributed by atoms with E-state index in [0.29, 0.717) is 24.1 Å². The van der Waals surface area contributed by atoms with E-state index in [4.69, 9.17) is 0 Å². The normalized spacial score (nSPS) is 14.6. The van der Waals surface area contributed by atoms with Gasteiger partial charge in [0.15, 0.2) is 0 Å². The molecule has 136 valence electrons. The van der Waals surface area contributed by atoms with Crippen LogP contribution in [0.2, 0.25) is 0 Å². The molecule has 0 radical (unpaired) electrons. The average Bonchev–Trinajstić information content (AvgIpc) is 3.05. The molecular weight excluding hydrogens is 345 g/mol. The minimum atomic E-state index is -4.41. The number of hydrogen-bond donors (Lipinski definition) is 1. The first-order chi connectivity index (χ1) is 12.3. The fourth-order valence-electron chi connectivity index (χ4n) is 2.86. The molecule has 1 saturated heterocycles. The molecule has 2 aromatic rings. The van der Waals surface area contributed by atoms with Crippen molar-refractivity contribution in [2.24, 2.45) is 0 Å². The first kappa shape index (κ1) is 18.0. The van der Waals surface area contributed by atoms with Gasteiger partial charge in [0.05, 0.1) is 5.56 Å². The van der Waals surface area contributed by atoms with Crippen LogP contribution >= 0.6 is 0 Å². The molecule has 0 aliphatic carbocycles. The molecular formula is C19H17F3N2O2. The van der Waals surface area contributed by atoms with Crippen LogP contribution in [0.15, 0.2) is 48.5 Å². The van der Waals surface area contributed by atoms with Crippen molar-refractivity contribution in [3.63, 3.8) is 0 Å². The van der Waals surface area contributed by atoms with Crippen LogP contribution < -0.4 is 10.2 Å². The van der Waals surface area contributed by atoms with Crippen LogP contribution in [0, 0.1) is 0 Å². The average molecular weight is 362 g/mol. The van der Waals surface area contributed by atoms with E-state index in [-0.39, 0.29) is 18.4 Å². The molecule has 4 nitrogen and oxygen atoms in total. The van der Waals surface area contributed by atoms with Crippen LogP contribution in [0.1, 0.15) is 34.3 Å². The lowest BCUT2D eigenvalue weighted by Crippen LogP contribution is -2.25. The molecule has 0 aromatic heterocycles. The SMILES string of the molecule is O=C(NCc1cccc(C(F)(F)F)c1)c1ccc(N2CCCC2=O)cc1. The number of carbonyl (C=O) groups is 2. The molecule has 0 unspecified atom stereocenters. The summed E-state index contributed by atoms with van der Waals surface area (Å²) >= 11 is 0. The van der Waals surface area contributed by atoms with Crippen molar-refractivity contribution in [3.05, 3.63) is 65.2 Å². The predicted molar refractivity (Wildman–Crippen MR) is 90.6 cm³/mol. The van der Waals surface area contributed by atoms with Crippen molar-refractivity contribution >= 4 is 17.5 Å². The van der Waals surface area contributed by atoms with Gasteiger partial charge in [0.25, 0.3) is 5.91 Å². The van der Waals surface area contributed by atoms with Crippen LogP contribution in [-0.4, -0.2) is 18.4 Å². The van der Waals surface area contributed by atoms with E-state index >= 15 is 0 Å². The lowest BCUT2D eigenvalue weighted by atomic mass is 10.1. The Morgan fingerprint density at radius 1 is 1.12 bits per heavy atom. The third-order valence-corrected chi connectivity index (χ3v) is 4.22. The summed E-state index contributed by atoms with van der Waals surface area (Å²) in [6.07, 6.45) is -3.07. The number of benzene rings is 2. The first-order valence-electron chi connectivity index (χ1n) is 8.19. The van der Waals surface area contributed by atoms with Crippen molar-refractivity contribution in [1.82, 2.24) is 5.32 Å². The topological polar surface area (TPSA) is 49.4 Å². The number of nitrogens with zero attached hydrogens (tertiary/aromatic N) is 1. The summed E-state index contributed by atoms with van der Waals surface area (Å²) in [5.74, 6) is -0.326. The molecule has 3 rings (SSSR count). The van der Waals surface area contributed by atoms with Crippen LogP contribution in [-0.2, 0) is 17.5 Å². The molecule has 1 heterocycles. The Bertz CT molecular complexity index is 816. The van der Waals surface area contributed by atoms with E-state index < -0.39 is 11.7 Å². The van der Waals surface area contributed by atoms with E-state index in [9.17, 15) is 22.8 Å². The van der Waals surface area contributed by atoms with Gasteiger partial charge in [0, 0.05) is 30.8 Å². The van der Waals surface area contributed by atoms with Gasteiger partial charge in [-0.15, -0.1) is 0 Å². The Labute approximate surface area is 148 Å². The number of amides is 2. The molecule has 2 amide bonds. The number of nitrogens with one attached hydrogen (secondary N) is 1. The van der Waals surface area contributed by atoms with E-state index in [2.05, 4.69) is 5.32 Å². The quantitative estimate of drug-likeness (QED) is 0.900. The van der Waals surface area contributed by atoms with Crippen molar-refractivity contribution in [2.45, 2.75) is 25.6 Å². The van der Waals surface area contributed by atoms with E-state index in [1.165, 1.54) is 12.1 Å². The fraction of sp³-hybridized carbons (Fsp3) is 0.263. The second kappa shape index (κ2) is 7.19. The summed E-state index contributed by atoms with van der Waals surface area (Å²) in [6, 6.07) is 11.4. The first-order valence-corrected chi connectivity index (χ1v) is 8.19. The lowest BCUT2D eigenvalue weighted by molar-refractivity contribution is -0.137. The van der Waals surface area contributed by atoms with Gasteiger partial charge >= 0.3 is 6.18 Å². The third kappa shape index (κ3) is 4.04. The molecule has 1 fully saturated rings. The summed E-state index contributed by atoms with van der Waals surface area (Å²) in [7, 11) is 0. The maximum Gasteiger partial charge on any atom is 0.416 e. The smallest absolute Gasteiger partial charge is 0.348 e. The number of halogens is 3. The van der Waals surface area contributed by atoms with Gasteiger partial charge in [-0.25, -0.2) is 0 Å². The zero-order chi connectivity index (χ0) is 18.7. The number of carbonyl (C=O) groups excluding carboxylic acids is 2. The standard InChI is InChI=1S/C19H17F3N2O2/c20-19(21,22)15-4-1-3-13(11-15)12-23-18(26)14-6-8-16(9-7-14)24-10-2-5-17(24)25/h1,3-4,6-9,11H,2,5,10,12H2,(H,23,26). The van der Waals surface area contributed by atoms with Crippen molar-refractivity contribution in [1.29, 1.82) is 0 Å². The summed E-state index contributed by atoms with van der Waals surface area (Å²) in [5.41, 5.74) is 0.741. The van der Waals surface area contributed by atoms with Gasteiger partial charge in [-0.2, -0.15) is 13.2 Å². The van der Waals surface area contributed by atoms with Crippen molar-refractivity contribution in [3.8, 4) is 0 Å². The predicted octanol–water partition coefficient (Wildman–Crippen LogP) is 3.76. The van der Waals surface area contributed by atoms with Gasteiger partial charge < -0.3 is 10.2 Å². The second-order valence-corrected chi connectivity index (χ2v) is 6.08.